The molecule has 5 heterocycles. The third-order valence-electron chi connectivity index (χ3n) is 6.84. The van der Waals surface area contributed by atoms with E-state index in [-0.39, 0.29) is 11.7 Å². The molecule has 0 N–H and O–H groups in total. The van der Waals surface area contributed by atoms with Crippen LogP contribution in [-0.4, -0.2) is 67.5 Å². The maximum Gasteiger partial charge on any atom is 0.252 e. The highest BCUT2D eigenvalue weighted by molar-refractivity contribution is 7.51. The fraction of sp³-hybridized carbons (Fsp3) is 0.417. The Hall–Kier alpha value is -2.14. The van der Waals surface area contributed by atoms with Gasteiger partial charge in [0, 0.05) is 62.0 Å². The van der Waals surface area contributed by atoms with Crippen LogP contribution in [0.4, 0.5) is 0 Å². The summed E-state index contributed by atoms with van der Waals surface area (Å²) in [5.41, 5.74) is 3.81. The number of carbonyl (C=O) groups excluding carboxylic acids is 1. The number of rotatable bonds is 3. The van der Waals surface area contributed by atoms with Gasteiger partial charge in [-0.15, -0.1) is 0 Å². The van der Waals surface area contributed by atoms with Crippen LogP contribution in [0.2, 0.25) is 5.02 Å². The molecule has 0 radical (unpaired) electrons. The highest BCUT2D eigenvalue weighted by Gasteiger charge is 2.36. The first-order valence-corrected chi connectivity index (χ1v) is 12.8. The summed E-state index contributed by atoms with van der Waals surface area (Å²) in [5.74, 6) is 0.101. The van der Waals surface area contributed by atoms with E-state index in [2.05, 4.69) is 40.1 Å². The number of nitrogens with zero attached hydrogens (tertiary/aromatic N) is 5. The van der Waals surface area contributed by atoms with E-state index in [9.17, 15) is 4.79 Å². The molecule has 8 heteroatoms. The lowest BCUT2D eigenvalue weighted by atomic mass is 10.1. The summed E-state index contributed by atoms with van der Waals surface area (Å²) in [4.78, 5) is 24.6. The van der Waals surface area contributed by atoms with Crippen molar-refractivity contribution in [2.75, 3.05) is 19.6 Å². The van der Waals surface area contributed by atoms with Gasteiger partial charge in [-0.05, 0) is 44.1 Å². The van der Waals surface area contributed by atoms with E-state index in [1.807, 2.05) is 34.7 Å². The first-order chi connectivity index (χ1) is 15.5. The van der Waals surface area contributed by atoms with Crippen LogP contribution in [0.1, 0.15) is 31.0 Å². The maximum absolute atomic E-state index is 13.1. The van der Waals surface area contributed by atoms with Gasteiger partial charge in [-0.3, -0.25) is 9.69 Å². The fourth-order valence-corrected chi connectivity index (χ4v) is 6.72. The second-order valence-electron chi connectivity index (χ2n) is 9.26. The predicted octanol–water partition coefficient (Wildman–Crippen LogP) is 4.06. The number of amides is 1. The standard InChI is InChI=1S/C24H27ClN5OP/c1-15-11-28-13-17(9-20(25)24(28)26-15)21-10-22(31)30-14-19(5-6-23(30)32-21)27-7-8-29(16(2)12-27)18-3-4-18/h5-6,9-11,13-14,16,18,23,32H,3-4,7-8,12H2,1-2H3/t16-,23?/m0/s1. The van der Waals surface area contributed by atoms with Gasteiger partial charge in [0.25, 0.3) is 5.91 Å². The molecule has 0 spiro atoms. The van der Waals surface area contributed by atoms with E-state index >= 15 is 0 Å². The van der Waals surface area contributed by atoms with E-state index < -0.39 is 0 Å². The smallest absolute Gasteiger partial charge is 0.252 e. The lowest BCUT2D eigenvalue weighted by molar-refractivity contribution is -0.123. The second kappa shape index (κ2) is 7.72. The maximum atomic E-state index is 13.1. The van der Waals surface area contributed by atoms with Crippen LogP contribution in [0.3, 0.4) is 0 Å². The van der Waals surface area contributed by atoms with E-state index in [0.29, 0.717) is 19.6 Å². The number of hydrogen-bond acceptors (Lipinski definition) is 4. The molecule has 0 aromatic carbocycles. The predicted molar refractivity (Wildman–Crippen MR) is 130 cm³/mol. The van der Waals surface area contributed by atoms with Gasteiger partial charge in [0.05, 0.1) is 22.2 Å². The second-order valence-corrected chi connectivity index (χ2v) is 11.1. The quantitative estimate of drug-likeness (QED) is 0.638. The summed E-state index contributed by atoms with van der Waals surface area (Å²) in [6.07, 6.45) is 14.9. The molecular formula is C24H27ClN5OP. The van der Waals surface area contributed by atoms with Gasteiger partial charge in [-0.1, -0.05) is 26.3 Å². The number of allylic oxidation sites excluding steroid dienone is 1. The zero-order valence-corrected chi connectivity index (χ0v) is 20.1. The SMILES string of the molecule is Cc1cn2cc(C3=CC(=O)N4C=C(N5CCN(C6CC6)[C@@H](C)C5)C=CC4P3)cc(Cl)c2n1. The summed E-state index contributed by atoms with van der Waals surface area (Å²) in [5, 5.41) is 1.65. The van der Waals surface area contributed by atoms with Gasteiger partial charge in [0.15, 0.2) is 5.65 Å². The summed E-state index contributed by atoms with van der Waals surface area (Å²) < 4.78 is 1.95. The Bertz CT molecular complexity index is 1200. The van der Waals surface area contributed by atoms with Crippen LogP contribution in [0, 0.1) is 6.92 Å². The monoisotopic (exact) mass is 467 g/mol. The summed E-state index contributed by atoms with van der Waals surface area (Å²) in [6, 6.07) is 3.29. The topological polar surface area (TPSA) is 44.1 Å². The number of fused-ring (bicyclic) bond motifs is 2. The molecule has 3 atom stereocenters. The van der Waals surface area contributed by atoms with Gasteiger partial charge < -0.3 is 14.2 Å². The van der Waals surface area contributed by atoms with E-state index in [1.54, 1.807) is 6.08 Å². The highest BCUT2D eigenvalue weighted by Crippen LogP contribution is 2.45. The first-order valence-electron chi connectivity index (χ1n) is 11.3. The Labute approximate surface area is 195 Å². The van der Waals surface area contributed by atoms with Crippen LogP contribution in [0.25, 0.3) is 11.0 Å². The van der Waals surface area contributed by atoms with E-state index in [1.165, 1.54) is 12.8 Å². The molecule has 2 aromatic heterocycles. The number of carbonyl (C=O) groups is 1. The van der Waals surface area contributed by atoms with Crippen LogP contribution < -0.4 is 0 Å². The number of piperazine rings is 1. The normalized spacial score (nSPS) is 27.2. The summed E-state index contributed by atoms with van der Waals surface area (Å²) in [6.45, 7) is 7.43. The van der Waals surface area contributed by atoms with Crippen molar-refractivity contribution in [2.24, 2.45) is 0 Å². The minimum Gasteiger partial charge on any atom is -0.368 e. The summed E-state index contributed by atoms with van der Waals surface area (Å²) in [7, 11) is 0.470. The zero-order chi connectivity index (χ0) is 22.0. The van der Waals surface area contributed by atoms with Crippen molar-refractivity contribution < 1.29 is 4.79 Å². The molecule has 1 aliphatic carbocycles. The Morgan fingerprint density at radius 1 is 1.22 bits per heavy atom. The molecule has 1 saturated heterocycles. The molecule has 2 aromatic rings. The fourth-order valence-electron chi connectivity index (χ4n) is 5.10. The van der Waals surface area contributed by atoms with Gasteiger partial charge in [-0.2, -0.15) is 0 Å². The molecular weight excluding hydrogens is 441 g/mol. The molecule has 4 aliphatic rings. The Balaban J connectivity index is 1.23. The van der Waals surface area contributed by atoms with Crippen LogP contribution in [0.15, 0.2) is 48.6 Å². The van der Waals surface area contributed by atoms with Crippen molar-refractivity contribution in [3.8, 4) is 0 Å². The van der Waals surface area contributed by atoms with Crippen molar-refractivity contribution in [1.29, 1.82) is 0 Å². The number of halogens is 1. The Kier molecular flexibility index (Phi) is 4.94. The number of aromatic nitrogens is 2. The minimum atomic E-state index is 0.0355. The lowest BCUT2D eigenvalue weighted by Gasteiger charge is -2.43. The molecule has 1 amide bonds. The molecule has 1 saturated carbocycles. The average Bonchev–Trinajstić information content (AvgIpc) is 3.54. The van der Waals surface area contributed by atoms with Crippen molar-refractivity contribution in [2.45, 2.75) is 44.6 Å². The molecule has 6 nitrogen and oxygen atoms in total. The largest absolute Gasteiger partial charge is 0.368 e. The third kappa shape index (κ3) is 3.59. The van der Waals surface area contributed by atoms with Gasteiger partial charge in [0.2, 0.25) is 0 Å². The molecule has 2 fully saturated rings. The third-order valence-corrected chi connectivity index (χ3v) is 8.63. The number of imidazole rings is 1. The number of hydrogen-bond donors (Lipinski definition) is 0. The Morgan fingerprint density at radius 2 is 2.06 bits per heavy atom. The van der Waals surface area contributed by atoms with E-state index in [4.69, 9.17) is 11.6 Å². The molecule has 2 unspecified atom stereocenters. The number of pyridine rings is 1. The van der Waals surface area contributed by atoms with Crippen LogP contribution in [0.5, 0.6) is 0 Å². The van der Waals surface area contributed by atoms with E-state index in [0.717, 1.165) is 53.6 Å². The Morgan fingerprint density at radius 3 is 2.84 bits per heavy atom. The lowest BCUT2D eigenvalue weighted by Crippen LogP contribution is -2.52. The van der Waals surface area contributed by atoms with Crippen molar-refractivity contribution in [3.05, 3.63) is 64.9 Å². The molecule has 6 rings (SSSR count). The molecule has 32 heavy (non-hydrogen) atoms. The zero-order valence-electron chi connectivity index (χ0n) is 18.3. The van der Waals surface area contributed by atoms with Crippen molar-refractivity contribution in [1.82, 2.24) is 24.1 Å². The summed E-state index contributed by atoms with van der Waals surface area (Å²) >= 11 is 6.48. The number of aryl methyl sites for hydroxylation is 1. The van der Waals surface area contributed by atoms with Gasteiger partial charge in [0.1, 0.15) is 0 Å². The van der Waals surface area contributed by atoms with Crippen molar-refractivity contribution >= 4 is 37.1 Å². The van der Waals surface area contributed by atoms with Gasteiger partial charge in [-0.25, -0.2) is 4.98 Å². The minimum absolute atomic E-state index is 0.0355. The highest BCUT2D eigenvalue weighted by atomic mass is 35.5. The molecule has 0 bridgehead atoms. The average molecular weight is 468 g/mol. The first kappa shape index (κ1) is 20.5. The molecule has 3 aliphatic heterocycles. The van der Waals surface area contributed by atoms with Crippen molar-refractivity contribution in [3.63, 3.8) is 0 Å². The van der Waals surface area contributed by atoms with Crippen LogP contribution >= 0.6 is 20.2 Å². The van der Waals surface area contributed by atoms with Gasteiger partial charge >= 0.3 is 0 Å². The molecule has 166 valence electrons. The van der Waals surface area contributed by atoms with Crippen LogP contribution in [-0.2, 0) is 4.79 Å².